The van der Waals surface area contributed by atoms with Crippen molar-refractivity contribution in [2.75, 3.05) is 13.1 Å². The zero-order chi connectivity index (χ0) is 19.6. The summed E-state index contributed by atoms with van der Waals surface area (Å²) in [6, 6.07) is 8.24. The molecule has 0 radical (unpaired) electrons. The maximum Gasteiger partial charge on any atom is 0.261 e. The molecule has 0 bridgehead atoms. The number of nitriles is 1. The van der Waals surface area contributed by atoms with Crippen LogP contribution >= 0.6 is 0 Å². The largest absolute Gasteiger partial charge is 0.309 e. The molecule has 1 aliphatic heterocycles. The van der Waals surface area contributed by atoms with Gasteiger partial charge in [-0.1, -0.05) is 13.3 Å². The molecule has 1 aliphatic rings. The summed E-state index contributed by atoms with van der Waals surface area (Å²) in [5.41, 5.74) is 1.12. The van der Waals surface area contributed by atoms with Crippen molar-refractivity contribution in [3.05, 3.63) is 39.9 Å². The Kier molecular flexibility index (Phi) is 5.93. The van der Waals surface area contributed by atoms with Crippen molar-refractivity contribution < 1.29 is 0 Å². The fourth-order valence-corrected chi connectivity index (χ4v) is 4.24. The van der Waals surface area contributed by atoms with Gasteiger partial charge in [0.15, 0.2) is 0 Å². The standard InChI is InChI=1S/C21H29N5O/c1-5-7-19(25-12-14(3)23-15(4)13-25)20-24-18-9-8-16(11-22)10-17(18)21(27)26(20)6-2/h8-10,14-15,19,23H,5-7,12-13H2,1-4H3/t14-,15+,19?. The van der Waals surface area contributed by atoms with E-state index in [1.54, 1.807) is 22.8 Å². The number of benzene rings is 1. The van der Waals surface area contributed by atoms with Crippen molar-refractivity contribution >= 4 is 10.9 Å². The summed E-state index contributed by atoms with van der Waals surface area (Å²) >= 11 is 0. The number of fused-ring (bicyclic) bond motifs is 1. The van der Waals surface area contributed by atoms with Crippen LogP contribution in [0.4, 0.5) is 0 Å². The normalized spacial score (nSPS) is 21.9. The average Bonchev–Trinajstić information content (AvgIpc) is 2.65. The molecule has 0 spiro atoms. The molecule has 1 aromatic heterocycles. The van der Waals surface area contributed by atoms with Gasteiger partial charge in [0.25, 0.3) is 5.56 Å². The lowest BCUT2D eigenvalue weighted by atomic mass is 10.0. The molecule has 1 aromatic carbocycles. The van der Waals surface area contributed by atoms with Crippen molar-refractivity contribution in [3.8, 4) is 6.07 Å². The molecule has 0 saturated carbocycles. The summed E-state index contributed by atoms with van der Waals surface area (Å²) in [6.07, 6.45) is 2.00. The molecule has 0 aliphatic carbocycles. The van der Waals surface area contributed by atoms with Crippen molar-refractivity contribution in [1.82, 2.24) is 19.8 Å². The van der Waals surface area contributed by atoms with E-state index in [4.69, 9.17) is 10.2 Å². The Morgan fingerprint density at radius 3 is 2.59 bits per heavy atom. The zero-order valence-electron chi connectivity index (χ0n) is 16.7. The lowest BCUT2D eigenvalue weighted by Crippen LogP contribution is -2.55. The van der Waals surface area contributed by atoms with Gasteiger partial charge in [-0.05, 0) is 45.4 Å². The SMILES string of the molecule is CCCC(c1nc2ccc(C#N)cc2c(=O)n1CC)N1C[C@@H](C)N[C@@H](C)C1. The third-order valence-electron chi connectivity index (χ3n) is 5.32. The van der Waals surface area contributed by atoms with Crippen molar-refractivity contribution in [2.45, 2.75) is 65.2 Å². The topological polar surface area (TPSA) is 74.0 Å². The van der Waals surface area contributed by atoms with E-state index in [0.29, 0.717) is 35.1 Å². The summed E-state index contributed by atoms with van der Waals surface area (Å²) in [4.78, 5) is 20.5. The zero-order valence-corrected chi connectivity index (χ0v) is 16.7. The van der Waals surface area contributed by atoms with E-state index in [1.807, 2.05) is 6.92 Å². The molecule has 144 valence electrons. The monoisotopic (exact) mass is 367 g/mol. The highest BCUT2D eigenvalue weighted by molar-refractivity contribution is 5.79. The van der Waals surface area contributed by atoms with E-state index in [-0.39, 0.29) is 11.6 Å². The Bertz CT molecular complexity index is 903. The number of rotatable bonds is 5. The molecule has 1 N–H and O–H groups in total. The third-order valence-corrected chi connectivity index (χ3v) is 5.32. The van der Waals surface area contributed by atoms with E-state index in [9.17, 15) is 4.79 Å². The van der Waals surface area contributed by atoms with Crippen LogP contribution in [0.15, 0.2) is 23.0 Å². The number of piperazine rings is 1. The predicted molar refractivity (Wildman–Crippen MR) is 108 cm³/mol. The van der Waals surface area contributed by atoms with Gasteiger partial charge in [-0.15, -0.1) is 0 Å². The lowest BCUT2D eigenvalue weighted by Gasteiger charge is -2.41. The van der Waals surface area contributed by atoms with E-state index >= 15 is 0 Å². The van der Waals surface area contributed by atoms with Crippen LogP contribution in [-0.2, 0) is 6.54 Å². The van der Waals surface area contributed by atoms with Gasteiger partial charge in [0.05, 0.1) is 28.6 Å². The van der Waals surface area contributed by atoms with Crippen molar-refractivity contribution in [1.29, 1.82) is 5.26 Å². The second-order valence-electron chi connectivity index (χ2n) is 7.59. The first-order valence-electron chi connectivity index (χ1n) is 9.93. The summed E-state index contributed by atoms with van der Waals surface area (Å²) < 4.78 is 1.79. The van der Waals surface area contributed by atoms with Crippen LogP contribution in [0, 0.1) is 11.3 Å². The molecular formula is C21H29N5O. The Labute approximate surface area is 160 Å². The molecular weight excluding hydrogens is 338 g/mol. The molecule has 6 heteroatoms. The Balaban J connectivity index is 2.14. The van der Waals surface area contributed by atoms with Gasteiger partial charge >= 0.3 is 0 Å². The Morgan fingerprint density at radius 2 is 2.00 bits per heavy atom. The fraction of sp³-hybridized carbons (Fsp3) is 0.571. The Morgan fingerprint density at radius 1 is 1.30 bits per heavy atom. The first-order valence-corrected chi connectivity index (χ1v) is 9.93. The highest BCUT2D eigenvalue weighted by Gasteiger charge is 2.30. The quantitative estimate of drug-likeness (QED) is 0.880. The number of nitrogens with zero attached hydrogens (tertiary/aromatic N) is 4. The summed E-state index contributed by atoms with van der Waals surface area (Å²) in [7, 11) is 0. The van der Waals surface area contributed by atoms with Crippen LogP contribution in [0.5, 0.6) is 0 Å². The minimum atomic E-state index is -0.0491. The first-order chi connectivity index (χ1) is 13.0. The molecule has 0 amide bonds. The fourth-order valence-electron chi connectivity index (χ4n) is 4.24. The summed E-state index contributed by atoms with van der Waals surface area (Å²) in [5.74, 6) is 0.850. The molecule has 27 heavy (non-hydrogen) atoms. The van der Waals surface area contributed by atoms with Gasteiger partial charge in [-0.3, -0.25) is 14.3 Å². The van der Waals surface area contributed by atoms with Gasteiger partial charge < -0.3 is 5.32 Å². The van der Waals surface area contributed by atoms with E-state index in [2.05, 4.69) is 37.1 Å². The Hall–Kier alpha value is -2.23. The van der Waals surface area contributed by atoms with Gasteiger partial charge in [0.2, 0.25) is 0 Å². The summed E-state index contributed by atoms with van der Waals surface area (Å²) in [6.45, 7) is 11.0. The van der Waals surface area contributed by atoms with E-state index in [1.165, 1.54) is 0 Å². The van der Waals surface area contributed by atoms with Gasteiger partial charge in [0, 0.05) is 31.7 Å². The van der Waals surface area contributed by atoms with Crippen LogP contribution in [0.25, 0.3) is 10.9 Å². The van der Waals surface area contributed by atoms with Gasteiger partial charge in [-0.25, -0.2) is 4.98 Å². The molecule has 1 unspecified atom stereocenters. The second kappa shape index (κ2) is 8.20. The number of hydrogen-bond donors (Lipinski definition) is 1. The number of nitrogens with one attached hydrogen (secondary N) is 1. The minimum Gasteiger partial charge on any atom is -0.309 e. The van der Waals surface area contributed by atoms with Crippen LogP contribution < -0.4 is 10.9 Å². The molecule has 6 nitrogen and oxygen atoms in total. The van der Waals surface area contributed by atoms with Crippen LogP contribution in [0.3, 0.4) is 0 Å². The second-order valence-corrected chi connectivity index (χ2v) is 7.59. The van der Waals surface area contributed by atoms with Gasteiger partial charge in [0.1, 0.15) is 5.82 Å². The smallest absolute Gasteiger partial charge is 0.261 e. The predicted octanol–water partition coefficient (Wildman–Crippen LogP) is 2.81. The molecule has 3 rings (SSSR count). The minimum absolute atomic E-state index is 0.0491. The first kappa shape index (κ1) is 19.5. The number of aromatic nitrogens is 2. The molecule has 3 atom stereocenters. The van der Waals surface area contributed by atoms with Crippen molar-refractivity contribution in [2.24, 2.45) is 0 Å². The lowest BCUT2D eigenvalue weighted by molar-refractivity contribution is 0.109. The van der Waals surface area contributed by atoms with Crippen molar-refractivity contribution in [3.63, 3.8) is 0 Å². The molecule has 2 aromatic rings. The maximum absolute atomic E-state index is 13.2. The highest BCUT2D eigenvalue weighted by Crippen LogP contribution is 2.27. The average molecular weight is 367 g/mol. The van der Waals surface area contributed by atoms with E-state index in [0.717, 1.165) is 31.8 Å². The molecule has 1 saturated heterocycles. The molecule has 1 fully saturated rings. The number of hydrogen-bond acceptors (Lipinski definition) is 5. The molecule has 2 heterocycles. The third kappa shape index (κ3) is 3.90. The highest BCUT2D eigenvalue weighted by atomic mass is 16.1. The van der Waals surface area contributed by atoms with Gasteiger partial charge in [-0.2, -0.15) is 5.26 Å². The van der Waals surface area contributed by atoms with Crippen LogP contribution in [-0.4, -0.2) is 39.6 Å². The van der Waals surface area contributed by atoms with E-state index < -0.39 is 0 Å². The van der Waals surface area contributed by atoms with Crippen LogP contribution in [0.1, 0.15) is 58.0 Å². The van der Waals surface area contributed by atoms with Crippen LogP contribution in [0.2, 0.25) is 0 Å². The summed E-state index contributed by atoms with van der Waals surface area (Å²) in [5, 5.41) is 13.3. The maximum atomic E-state index is 13.2.